The van der Waals surface area contributed by atoms with Gasteiger partial charge in [0.25, 0.3) is 5.56 Å². The molecule has 164 valence electrons. The minimum atomic E-state index is -3.95. The standard InChI is InChI=1S/C23H25FN2O4S/c1-15-5-6-17-12-18(23(27)25-22(17)16(15)2)13-26(14-20-4-3-11-30-20)31(28,29)21-9-7-19(24)8-10-21/h5-10,12,20H,3-4,11,13-14H2,1-2H3,(H,25,27)/t20-/m0/s1. The molecule has 0 saturated carbocycles. The number of hydrogen-bond donors (Lipinski definition) is 1. The van der Waals surface area contributed by atoms with Crippen LogP contribution >= 0.6 is 0 Å². The molecule has 4 rings (SSSR count). The van der Waals surface area contributed by atoms with Crippen molar-refractivity contribution in [3.05, 3.63) is 75.3 Å². The maximum Gasteiger partial charge on any atom is 0.252 e. The molecular weight excluding hydrogens is 419 g/mol. The van der Waals surface area contributed by atoms with E-state index in [9.17, 15) is 17.6 Å². The van der Waals surface area contributed by atoms with Crippen LogP contribution in [0.25, 0.3) is 10.9 Å². The van der Waals surface area contributed by atoms with E-state index in [2.05, 4.69) is 4.98 Å². The molecule has 0 amide bonds. The van der Waals surface area contributed by atoms with Crippen molar-refractivity contribution < 1.29 is 17.5 Å². The minimum absolute atomic E-state index is 0.0180. The number of sulfonamides is 1. The quantitative estimate of drug-likeness (QED) is 0.629. The molecule has 1 aromatic heterocycles. The molecule has 1 aliphatic heterocycles. The summed E-state index contributed by atoms with van der Waals surface area (Å²) in [7, 11) is -3.95. The van der Waals surface area contributed by atoms with Gasteiger partial charge in [0.15, 0.2) is 0 Å². The lowest BCUT2D eigenvalue weighted by atomic mass is 10.0. The zero-order valence-electron chi connectivity index (χ0n) is 17.5. The number of nitrogens with one attached hydrogen (secondary N) is 1. The average Bonchev–Trinajstić information content (AvgIpc) is 3.25. The Balaban J connectivity index is 1.74. The Morgan fingerprint density at radius 3 is 2.58 bits per heavy atom. The predicted molar refractivity (Wildman–Crippen MR) is 117 cm³/mol. The number of nitrogens with zero attached hydrogens (tertiary/aromatic N) is 1. The lowest BCUT2D eigenvalue weighted by molar-refractivity contribution is 0.0925. The molecule has 8 heteroatoms. The van der Waals surface area contributed by atoms with Gasteiger partial charge >= 0.3 is 0 Å². The van der Waals surface area contributed by atoms with E-state index in [4.69, 9.17) is 4.74 Å². The molecule has 2 heterocycles. The van der Waals surface area contributed by atoms with Gasteiger partial charge in [-0.1, -0.05) is 12.1 Å². The summed E-state index contributed by atoms with van der Waals surface area (Å²) in [5, 5.41) is 0.842. The van der Waals surface area contributed by atoms with Crippen molar-refractivity contribution in [2.75, 3.05) is 13.2 Å². The van der Waals surface area contributed by atoms with Gasteiger partial charge in [-0.15, -0.1) is 0 Å². The Morgan fingerprint density at radius 2 is 1.90 bits per heavy atom. The highest BCUT2D eigenvalue weighted by Crippen LogP contribution is 2.24. The summed E-state index contributed by atoms with van der Waals surface area (Å²) >= 11 is 0. The summed E-state index contributed by atoms with van der Waals surface area (Å²) in [5.41, 5.74) is 2.82. The van der Waals surface area contributed by atoms with Gasteiger partial charge in [0, 0.05) is 25.3 Å². The van der Waals surface area contributed by atoms with E-state index in [1.165, 1.54) is 16.4 Å². The fourth-order valence-electron chi connectivity index (χ4n) is 3.90. The predicted octanol–water partition coefficient (Wildman–Crippen LogP) is 3.65. The molecule has 1 saturated heterocycles. The summed E-state index contributed by atoms with van der Waals surface area (Å²) in [4.78, 5) is 15.7. The summed E-state index contributed by atoms with van der Waals surface area (Å²) in [6.07, 6.45) is 1.38. The number of benzene rings is 2. The zero-order chi connectivity index (χ0) is 22.2. The molecule has 31 heavy (non-hydrogen) atoms. The molecule has 1 aliphatic rings. The molecule has 0 unspecified atom stereocenters. The second kappa shape index (κ2) is 8.53. The molecule has 0 aliphatic carbocycles. The van der Waals surface area contributed by atoms with Crippen molar-refractivity contribution in [1.29, 1.82) is 0 Å². The number of ether oxygens (including phenoxy) is 1. The SMILES string of the molecule is Cc1ccc2cc(CN(C[C@@H]3CCCO3)S(=O)(=O)c3ccc(F)cc3)c(=O)[nH]c2c1C. The molecule has 6 nitrogen and oxygen atoms in total. The van der Waals surface area contributed by atoms with Crippen molar-refractivity contribution >= 4 is 20.9 Å². The topological polar surface area (TPSA) is 79.5 Å². The maximum absolute atomic E-state index is 13.3. The van der Waals surface area contributed by atoms with Gasteiger partial charge in [0.1, 0.15) is 5.82 Å². The maximum atomic E-state index is 13.3. The number of aromatic amines is 1. The van der Waals surface area contributed by atoms with Gasteiger partial charge in [-0.2, -0.15) is 4.31 Å². The summed E-state index contributed by atoms with van der Waals surface area (Å²) in [6.45, 7) is 4.53. The lowest BCUT2D eigenvalue weighted by Gasteiger charge is -2.25. The van der Waals surface area contributed by atoms with Gasteiger partial charge < -0.3 is 9.72 Å². The van der Waals surface area contributed by atoms with Crippen molar-refractivity contribution in [3.8, 4) is 0 Å². The Bertz CT molecular complexity index is 1260. The Hall–Kier alpha value is -2.55. The lowest BCUT2D eigenvalue weighted by Crippen LogP contribution is -2.38. The molecule has 1 atom stereocenters. The van der Waals surface area contributed by atoms with Crippen LogP contribution in [-0.4, -0.2) is 37.0 Å². The molecule has 0 radical (unpaired) electrons. The first-order valence-electron chi connectivity index (χ1n) is 10.2. The van der Waals surface area contributed by atoms with Crippen LogP contribution in [0.15, 0.2) is 52.2 Å². The number of halogens is 1. The average molecular weight is 445 g/mol. The number of rotatable bonds is 6. The monoisotopic (exact) mass is 444 g/mol. The fourth-order valence-corrected chi connectivity index (χ4v) is 5.35. The first-order chi connectivity index (χ1) is 14.8. The van der Waals surface area contributed by atoms with Crippen LogP contribution in [0.2, 0.25) is 0 Å². The van der Waals surface area contributed by atoms with Gasteiger partial charge in [0.05, 0.1) is 16.5 Å². The van der Waals surface area contributed by atoms with Gasteiger partial charge in [-0.25, -0.2) is 12.8 Å². The zero-order valence-corrected chi connectivity index (χ0v) is 18.3. The van der Waals surface area contributed by atoms with Crippen LogP contribution < -0.4 is 5.56 Å². The molecule has 2 aromatic carbocycles. The molecule has 1 fully saturated rings. The number of hydrogen-bond acceptors (Lipinski definition) is 4. The van der Waals surface area contributed by atoms with Crippen LogP contribution in [0.5, 0.6) is 0 Å². The molecule has 0 bridgehead atoms. The Labute approximate surface area is 180 Å². The van der Waals surface area contributed by atoms with Crippen LogP contribution in [0.4, 0.5) is 4.39 Å². The second-order valence-electron chi connectivity index (χ2n) is 7.98. The van der Waals surface area contributed by atoms with E-state index in [1.807, 2.05) is 26.0 Å². The third kappa shape index (κ3) is 4.42. The van der Waals surface area contributed by atoms with Crippen molar-refractivity contribution in [2.24, 2.45) is 0 Å². The van der Waals surface area contributed by atoms with Crippen LogP contribution in [0.3, 0.4) is 0 Å². The number of fused-ring (bicyclic) bond motifs is 1. The number of aryl methyl sites for hydroxylation is 2. The normalized spacial score (nSPS) is 17.0. The van der Waals surface area contributed by atoms with Crippen molar-refractivity contribution in [3.63, 3.8) is 0 Å². The highest BCUT2D eigenvalue weighted by molar-refractivity contribution is 7.89. The first-order valence-corrected chi connectivity index (χ1v) is 11.7. The van der Waals surface area contributed by atoms with E-state index >= 15 is 0 Å². The highest BCUT2D eigenvalue weighted by atomic mass is 32.2. The van der Waals surface area contributed by atoms with Crippen LogP contribution in [0, 0.1) is 19.7 Å². The van der Waals surface area contributed by atoms with Crippen molar-refractivity contribution in [2.45, 2.75) is 44.2 Å². The summed E-state index contributed by atoms with van der Waals surface area (Å²) in [5.74, 6) is -0.513. The van der Waals surface area contributed by atoms with Gasteiger partial charge in [0.2, 0.25) is 10.0 Å². The third-order valence-electron chi connectivity index (χ3n) is 5.86. The first kappa shape index (κ1) is 21.7. The highest BCUT2D eigenvalue weighted by Gasteiger charge is 2.30. The molecule has 0 spiro atoms. The largest absolute Gasteiger partial charge is 0.377 e. The molecule has 1 N–H and O–H groups in total. The number of H-pyrrole nitrogens is 1. The second-order valence-corrected chi connectivity index (χ2v) is 9.92. The molecule has 3 aromatic rings. The fraction of sp³-hybridized carbons (Fsp3) is 0.348. The van der Waals surface area contributed by atoms with Gasteiger partial charge in [-0.3, -0.25) is 4.79 Å². The summed E-state index contributed by atoms with van der Waals surface area (Å²) < 4.78 is 46.9. The Kier molecular flexibility index (Phi) is 5.96. The van der Waals surface area contributed by atoms with E-state index in [0.29, 0.717) is 12.2 Å². The summed E-state index contributed by atoms with van der Waals surface area (Å²) in [6, 6.07) is 10.3. The van der Waals surface area contributed by atoms with E-state index in [-0.39, 0.29) is 29.6 Å². The van der Waals surface area contributed by atoms with E-state index in [1.54, 1.807) is 6.07 Å². The van der Waals surface area contributed by atoms with Crippen molar-refractivity contribution in [1.82, 2.24) is 9.29 Å². The third-order valence-corrected chi connectivity index (χ3v) is 7.68. The number of pyridine rings is 1. The smallest absolute Gasteiger partial charge is 0.252 e. The minimum Gasteiger partial charge on any atom is -0.377 e. The van der Waals surface area contributed by atoms with Crippen LogP contribution in [-0.2, 0) is 21.3 Å². The molecular formula is C23H25FN2O4S. The van der Waals surface area contributed by atoms with Gasteiger partial charge in [-0.05, 0) is 73.5 Å². The van der Waals surface area contributed by atoms with Crippen LogP contribution in [0.1, 0.15) is 29.5 Å². The van der Waals surface area contributed by atoms with E-state index < -0.39 is 15.8 Å². The van der Waals surface area contributed by atoms with E-state index in [0.717, 1.165) is 47.0 Å². The number of aromatic nitrogens is 1. The Morgan fingerprint density at radius 1 is 1.16 bits per heavy atom.